The molecule has 0 aliphatic heterocycles. The van der Waals surface area contributed by atoms with Crippen molar-refractivity contribution in [2.24, 2.45) is 0 Å². The summed E-state index contributed by atoms with van der Waals surface area (Å²) < 4.78 is 1.17. The summed E-state index contributed by atoms with van der Waals surface area (Å²) in [6, 6.07) is 8.03. The van der Waals surface area contributed by atoms with Gasteiger partial charge in [-0.05, 0) is 18.9 Å². The number of halogens is 1. The summed E-state index contributed by atoms with van der Waals surface area (Å²) in [4.78, 5) is 12.2. The number of carbonyl (C=O) groups excluding carboxylic acids is 1. The summed E-state index contributed by atoms with van der Waals surface area (Å²) >= 11 is 5.09. The molecule has 1 saturated carbocycles. The zero-order valence-corrected chi connectivity index (χ0v) is 11.6. The Morgan fingerprint density at radius 3 is 2.88 bits per heavy atom. The van der Waals surface area contributed by atoms with Gasteiger partial charge in [-0.3, -0.25) is 4.79 Å². The number of alkyl halides is 1. The minimum Gasteiger partial charge on any atom is -0.346 e. The molecule has 17 heavy (non-hydrogen) atoms. The third kappa shape index (κ3) is 2.00. The van der Waals surface area contributed by atoms with Gasteiger partial charge in [-0.25, -0.2) is 0 Å². The summed E-state index contributed by atoms with van der Waals surface area (Å²) in [5.74, 6) is 0.0550. The van der Waals surface area contributed by atoms with E-state index in [2.05, 4.69) is 21.2 Å². The van der Waals surface area contributed by atoms with Gasteiger partial charge in [0.2, 0.25) is 0 Å². The van der Waals surface area contributed by atoms with Crippen LogP contribution in [-0.2, 0) is 0 Å². The van der Waals surface area contributed by atoms with Crippen LogP contribution in [-0.4, -0.2) is 16.8 Å². The van der Waals surface area contributed by atoms with Gasteiger partial charge in [-0.2, -0.15) is 0 Å². The normalized spacial score (nSPS) is 17.0. The second kappa shape index (κ2) is 4.10. The minimum atomic E-state index is 0.0140. The largest absolute Gasteiger partial charge is 0.346 e. The molecule has 1 N–H and O–H groups in total. The van der Waals surface area contributed by atoms with E-state index in [1.165, 1.54) is 4.70 Å². The van der Waals surface area contributed by atoms with Crippen LogP contribution < -0.4 is 5.32 Å². The van der Waals surface area contributed by atoms with Crippen LogP contribution in [0.2, 0.25) is 0 Å². The van der Waals surface area contributed by atoms with Crippen LogP contribution >= 0.6 is 27.3 Å². The van der Waals surface area contributed by atoms with E-state index < -0.39 is 0 Å². The molecule has 0 spiro atoms. The number of amides is 1. The topological polar surface area (TPSA) is 29.1 Å². The summed E-state index contributed by atoms with van der Waals surface area (Å²) in [6.45, 7) is 0. The Morgan fingerprint density at radius 1 is 1.41 bits per heavy atom. The summed E-state index contributed by atoms with van der Waals surface area (Å²) in [5.41, 5.74) is 0.818. The molecular weight excluding hydrogens is 298 g/mol. The third-order valence-electron chi connectivity index (χ3n) is 3.21. The second-order valence-corrected chi connectivity index (χ2v) is 5.99. The van der Waals surface area contributed by atoms with E-state index in [0.717, 1.165) is 29.1 Å². The van der Waals surface area contributed by atoms with Crippen LogP contribution in [0.5, 0.6) is 0 Å². The number of nitrogens with one attached hydrogen (secondary N) is 1. The molecule has 0 unspecified atom stereocenters. The molecule has 1 amide bonds. The number of benzene rings is 1. The maximum absolute atomic E-state index is 12.2. The van der Waals surface area contributed by atoms with Crippen LogP contribution in [0.4, 0.5) is 0 Å². The smallest absolute Gasteiger partial charge is 0.253 e. The highest BCUT2D eigenvalue weighted by molar-refractivity contribution is 9.09. The molecule has 1 aromatic heterocycles. The van der Waals surface area contributed by atoms with Crippen molar-refractivity contribution in [3.05, 3.63) is 35.2 Å². The highest BCUT2D eigenvalue weighted by atomic mass is 79.9. The van der Waals surface area contributed by atoms with Crippen LogP contribution in [0.25, 0.3) is 10.1 Å². The van der Waals surface area contributed by atoms with Gasteiger partial charge in [0.1, 0.15) is 0 Å². The minimum absolute atomic E-state index is 0.0140. The van der Waals surface area contributed by atoms with Gasteiger partial charge in [-0.1, -0.05) is 34.1 Å². The molecule has 1 heterocycles. The van der Waals surface area contributed by atoms with Gasteiger partial charge in [0.25, 0.3) is 5.91 Å². The van der Waals surface area contributed by atoms with E-state index in [-0.39, 0.29) is 11.4 Å². The maximum Gasteiger partial charge on any atom is 0.253 e. The molecule has 4 heteroatoms. The zero-order valence-electron chi connectivity index (χ0n) is 9.20. The van der Waals surface area contributed by atoms with Gasteiger partial charge in [0.15, 0.2) is 0 Å². The van der Waals surface area contributed by atoms with Crippen LogP contribution in [0.3, 0.4) is 0 Å². The Balaban J connectivity index is 1.91. The van der Waals surface area contributed by atoms with Crippen molar-refractivity contribution in [3.8, 4) is 0 Å². The second-order valence-electron chi connectivity index (χ2n) is 4.51. The lowest BCUT2D eigenvalue weighted by Crippen LogP contribution is -2.37. The van der Waals surface area contributed by atoms with Crippen molar-refractivity contribution in [1.29, 1.82) is 0 Å². The third-order valence-corrected chi connectivity index (χ3v) is 5.25. The van der Waals surface area contributed by atoms with Crippen LogP contribution in [0.1, 0.15) is 23.2 Å². The van der Waals surface area contributed by atoms with E-state index in [0.29, 0.717) is 0 Å². The van der Waals surface area contributed by atoms with Crippen molar-refractivity contribution < 1.29 is 4.79 Å². The van der Waals surface area contributed by atoms with Crippen molar-refractivity contribution in [2.75, 3.05) is 5.33 Å². The van der Waals surface area contributed by atoms with Crippen molar-refractivity contribution in [3.63, 3.8) is 0 Å². The Bertz CT molecular complexity index is 574. The fourth-order valence-electron chi connectivity index (χ4n) is 1.90. The summed E-state index contributed by atoms with van der Waals surface area (Å²) in [7, 11) is 0. The molecular formula is C13H12BrNOS. The van der Waals surface area contributed by atoms with Gasteiger partial charge in [-0.15, -0.1) is 11.3 Å². The number of rotatable bonds is 3. The van der Waals surface area contributed by atoms with Gasteiger partial charge in [0, 0.05) is 20.8 Å². The van der Waals surface area contributed by atoms with E-state index in [1.54, 1.807) is 11.3 Å². The monoisotopic (exact) mass is 309 g/mol. The van der Waals surface area contributed by atoms with Crippen molar-refractivity contribution in [2.45, 2.75) is 18.4 Å². The average Bonchev–Trinajstić information content (AvgIpc) is 2.99. The molecule has 2 nitrogen and oxygen atoms in total. The quantitative estimate of drug-likeness (QED) is 0.863. The molecule has 1 aliphatic rings. The molecule has 3 rings (SSSR count). The van der Waals surface area contributed by atoms with Gasteiger partial charge >= 0.3 is 0 Å². The van der Waals surface area contributed by atoms with E-state index in [9.17, 15) is 4.79 Å². The van der Waals surface area contributed by atoms with E-state index in [4.69, 9.17) is 0 Å². The molecule has 0 atom stereocenters. The van der Waals surface area contributed by atoms with Crippen molar-refractivity contribution >= 4 is 43.3 Å². The molecule has 88 valence electrons. The fraction of sp³-hybridized carbons (Fsp3) is 0.308. The predicted molar refractivity (Wildman–Crippen MR) is 75.1 cm³/mol. The average molecular weight is 310 g/mol. The molecule has 0 bridgehead atoms. The SMILES string of the molecule is O=C(NC1(CBr)CC1)c1csc2ccccc12. The lowest BCUT2D eigenvalue weighted by molar-refractivity contribution is 0.0938. The van der Waals surface area contributed by atoms with E-state index in [1.807, 2.05) is 29.6 Å². The Kier molecular flexibility index (Phi) is 2.71. The predicted octanol–water partition coefficient (Wildman–Crippen LogP) is 3.56. The molecule has 2 aromatic rings. The summed E-state index contributed by atoms with van der Waals surface area (Å²) in [6.07, 6.45) is 2.15. The van der Waals surface area contributed by atoms with E-state index >= 15 is 0 Å². The molecule has 1 aliphatic carbocycles. The Labute approximate surface area is 112 Å². The maximum atomic E-state index is 12.2. The summed E-state index contributed by atoms with van der Waals surface area (Å²) in [5, 5.41) is 6.98. The first-order chi connectivity index (χ1) is 8.24. The number of fused-ring (bicyclic) bond motifs is 1. The molecule has 1 fully saturated rings. The molecule has 1 aromatic carbocycles. The standard InChI is InChI=1S/C13H12BrNOS/c14-8-13(5-6-13)15-12(16)10-7-17-11-4-2-1-3-9(10)11/h1-4,7H,5-6,8H2,(H,15,16). The van der Waals surface area contributed by atoms with Crippen molar-refractivity contribution in [1.82, 2.24) is 5.32 Å². The Hall–Kier alpha value is -0.870. The first-order valence-corrected chi connectivity index (χ1v) is 7.59. The highest BCUT2D eigenvalue weighted by Crippen LogP contribution is 2.37. The number of hydrogen-bond acceptors (Lipinski definition) is 2. The number of thiophene rings is 1. The van der Waals surface area contributed by atoms with Gasteiger partial charge < -0.3 is 5.32 Å². The van der Waals surface area contributed by atoms with Crippen LogP contribution in [0, 0.1) is 0 Å². The van der Waals surface area contributed by atoms with Gasteiger partial charge in [0.05, 0.1) is 11.1 Å². The highest BCUT2D eigenvalue weighted by Gasteiger charge is 2.43. The first-order valence-electron chi connectivity index (χ1n) is 5.59. The first kappa shape index (κ1) is 11.2. The number of carbonyl (C=O) groups is 1. The zero-order chi connectivity index (χ0) is 11.9. The lowest BCUT2D eigenvalue weighted by atomic mass is 10.1. The molecule has 0 saturated heterocycles. The fourth-order valence-corrected chi connectivity index (χ4v) is 3.55. The molecule has 0 radical (unpaired) electrons. The number of hydrogen-bond donors (Lipinski definition) is 1. The lowest BCUT2D eigenvalue weighted by Gasteiger charge is -2.13. The van der Waals surface area contributed by atoms with Crippen LogP contribution in [0.15, 0.2) is 29.6 Å². The Morgan fingerprint density at radius 2 is 2.18 bits per heavy atom.